The molecular formula is C22H36OS2. The Bertz CT molecular complexity index is 441. The monoisotopic (exact) mass is 380 g/mol. The van der Waals surface area contributed by atoms with Crippen molar-refractivity contribution in [2.45, 2.75) is 77.6 Å². The van der Waals surface area contributed by atoms with E-state index in [9.17, 15) is 0 Å². The van der Waals surface area contributed by atoms with Gasteiger partial charge in [-0.3, -0.25) is 0 Å². The van der Waals surface area contributed by atoms with E-state index < -0.39 is 0 Å². The van der Waals surface area contributed by atoms with E-state index >= 15 is 0 Å². The van der Waals surface area contributed by atoms with Gasteiger partial charge in [0, 0.05) is 6.42 Å². The average molecular weight is 381 g/mol. The van der Waals surface area contributed by atoms with E-state index in [0.717, 1.165) is 36.2 Å². The molecule has 0 spiro atoms. The predicted molar refractivity (Wildman–Crippen MR) is 112 cm³/mol. The Labute approximate surface area is 163 Å². The molecule has 2 saturated carbocycles. The highest BCUT2D eigenvalue weighted by Gasteiger charge is 2.34. The van der Waals surface area contributed by atoms with Crippen molar-refractivity contribution >= 4 is 23.5 Å². The first-order valence-corrected chi connectivity index (χ1v) is 12.9. The molecule has 142 valence electrons. The second-order valence-corrected chi connectivity index (χ2v) is 11.5. The van der Waals surface area contributed by atoms with Crippen LogP contribution in [0.4, 0.5) is 0 Å². The molecular weight excluding hydrogens is 344 g/mol. The van der Waals surface area contributed by atoms with Crippen molar-refractivity contribution in [1.82, 2.24) is 0 Å². The van der Waals surface area contributed by atoms with Gasteiger partial charge in [-0.25, -0.2) is 0 Å². The van der Waals surface area contributed by atoms with Gasteiger partial charge in [0.2, 0.25) is 0 Å². The first kappa shape index (κ1) is 18.6. The maximum absolute atomic E-state index is 6.28. The third kappa shape index (κ3) is 4.75. The zero-order valence-electron chi connectivity index (χ0n) is 16.0. The van der Waals surface area contributed by atoms with Gasteiger partial charge >= 0.3 is 0 Å². The number of ether oxygens (including phenoxy) is 1. The van der Waals surface area contributed by atoms with Gasteiger partial charge in [0.1, 0.15) is 5.76 Å². The summed E-state index contributed by atoms with van der Waals surface area (Å²) >= 11 is 4.08. The van der Waals surface area contributed by atoms with Gasteiger partial charge < -0.3 is 4.74 Å². The lowest BCUT2D eigenvalue weighted by Gasteiger charge is -2.40. The Morgan fingerprint density at radius 2 is 1.28 bits per heavy atom. The summed E-state index contributed by atoms with van der Waals surface area (Å²) in [6.07, 6.45) is 16.0. The molecule has 0 radical (unpaired) electrons. The molecule has 2 aliphatic heterocycles. The fourth-order valence-corrected chi connectivity index (χ4v) is 8.26. The van der Waals surface area contributed by atoms with Gasteiger partial charge in [0.05, 0.1) is 10.8 Å². The molecule has 4 rings (SSSR count). The molecule has 25 heavy (non-hydrogen) atoms. The summed E-state index contributed by atoms with van der Waals surface area (Å²) in [7, 11) is 0. The zero-order chi connectivity index (χ0) is 17.1. The highest BCUT2D eigenvalue weighted by Crippen LogP contribution is 2.46. The maximum Gasteiger partial charge on any atom is 0.116 e. The van der Waals surface area contributed by atoms with Crippen LogP contribution < -0.4 is 0 Å². The Hall–Kier alpha value is 0.240. The number of thioether (sulfide) groups is 2. The van der Waals surface area contributed by atoms with Crippen LogP contribution in [0, 0.1) is 29.6 Å². The minimum absolute atomic E-state index is 0.843. The van der Waals surface area contributed by atoms with Crippen molar-refractivity contribution in [3.8, 4) is 0 Å². The van der Waals surface area contributed by atoms with Crippen LogP contribution in [0.2, 0.25) is 0 Å². The van der Waals surface area contributed by atoms with Gasteiger partial charge in [0.25, 0.3) is 0 Å². The van der Waals surface area contributed by atoms with Crippen molar-refractivity contribution in [3.05, 3.63) is 10.00 Å². The van der Waals surface area contributed by atoms with Crippen LogP contribution >= 0.6 is 23.5 Å². The molecule has 1 unspecified atom stereocenters. The van der Waals surface area contributed by atoms with Crippen LogP contribution in [-0.2, 0) is 4.74 Å². The van der Waals surface area contributed by atoms with E-state index in [1.165, 1.54) is 92.1 Å². The summed E-state index contributed by atoms with van der Waals surface area (Å²) in [5, 5.41) is 0. The van der Waals surface area contributed by atoms with Crippen molar-refractivity contribution in [2.24, 2.45) is 29.6 Å². The summed E-state index contributed by atoms with van der Waals surface area (Å²) in [5.41, 5.74) is 0. The van der Waals surface area contributed by atoms with Crippen LogP contribution in [0.5, 0.6) is 0 Å². The smallest absolute Gasteiger partial charge is 0.116 e. The van der Waals surface area contributed by atoms with E-state index in [-0.39, 0.29) is 0 Å². The number of rotatable bonds is 2. The predicted octanol–water partition coefficient (Wildman–Crippen LogP) is 7.08. The molecule has 2 saturated heterocycles. The Balaban J connectivity index is 1.22. The molecule has 0 aromatic carbocycles. The van der Waals surface area contributed by atoms with Crippen LogP contribution in [0.15, 0.2) is 10.00 Å². The van der Waals surface area contributed by atoms with Crippen LogP contribution in [0.1, 0.15) is 77.6 Å². The van der Waals surface area contributed by atoms with E-state index in [1.54, 1.807) is 0 Å². The molecule has 1 atom stereocenters. The molecule has 0 bridgehead atoms. The van der Waals surface area contributed by atoms with Gasteiger partial charge in [-0.15, -0.1) is 23.5 Å². The largest absolute Gasteiger partial charge is 0.496 e. The minimum Gasteiger partial charge on any atom is -0.496 e. The van der Waals surface area contributed by atoms with Crippen LogP contribution in [0.3, 0.4) is 0 Å². The van der Waals surface area contributed by atoms with Crippen LogP contribution in [-0.4, -0.2) is 18.1 Å². The van der Waals surface area contributed by atoms with Gasteiger partial charge in [-0.2, -0.15) is 0 Å². The standard InChI is InChI=1S/C22H36OS2/c1-16-3-5-17(6-4-16)18-7-9-19(10-8-18)20-11-12-21(23-15-20)22-24-13-2-14-25-22/h16-20H,2-15H2,1H3. The third-order valence-corrected chi connectivity index (χ3v) is 10.1. The summed E-state index contributed by atoms with van der Waals surface area (Å²) in [6.45, 7) is 3.46. The minimum atomic E-state index is 0.843. The first-order chi connectivity index (χ1) is 12.3. The fraction of sp³-hybridized carbons (Fsp3) is 0.909. The number of hydrogen-bond donors (Lipinski definition) is 0. The Kier molecular flexibility index (Phi) is 6.66. The lowest BCUT2D eigenvalue weighted by molar-refractivity contribution is 0.0522. The zero-order valence-corrected chi connectivity index (χ0v) is 17.6. The summed E-state index contributed by atoms with van der Waals surface area (Å²) < 4.78 is 7.79. The summed E-state index contributed by atoms with van der Waals surface area (Å²) in [6, 6.07) is 0. The molecule has 2 heterocycles. The van der Waals surface area contributed by atoms with Gasteiger partial charge in [0.15, 0.2) is 0 Å². The van der Waals surface area contributed by atoms with Crippen molar-refractivity contribution in [1.29, 1.82) is 0 Å². The highest BCUT2D eigenvalue weighted by atomic mass is 32.2. The first-order valence-electron chi connectivity index (χ1n) is 10.9. The normalized spacial score (nSPS) is 40.6. The SMILES string of the molecule is CC1CCC(C2CCC(C3CCC(=C4SCCCS4)OC3)CC2)CC1. The van der Waals surface area contributed by atoms with Crippen molar-refractivity contribution in [2.75, 3.05) is 18.1 Å². The molecule has 0 aromatic rings. The molecule has 0 N–H and O–H groups in total. The second-order valence-electron chi connectivity index (χ2n) is 9.07. The maximum atomic E-state index is 6.28. The van der Waals surface area contributed by atoms with Gasteiger partial charge in [-0.05, 0) is 92.5 Å². The molecule has 1 nitrogen and oxygen atoms in total. The molecule has 3 heteroatoms. The summed E-state index contributed by atoms with van der Waals surface area (Å²) in [4.78, 5) is 0. The molecule has 2 aliphatic carbocycles. The summed E-state index contributed by atoms with van der Waals surface area (Å²) in [5.74, 6) is 8.85. The third-order valence-electron chi connectivity index (χ3n) is 7.41. The van der Waals surface area contributed by atoms with E-state index in [1.807, 2.05) is 23.5 Å². The second kappa shape index (κ2) is 8.95. The lowest BCUT2D eigenvalue weighted by Crippen LogP contribution is -2.31. The Morgan fingerprint density at radius 3 is 1.84 bits per heavy atom. The lowest BCUT2D eigenvalue weighted by atomic mass is 9.67. The Morgan fingerprint density at radius 1 is 0.720 bits per heavy atom. The van der Waals surface area contributed by atoms with E-state index in [0.29, 0.717) is 0 Å². The van der Waals surface area contributed by atoms with Crippen LogP contribution in [0.25, 0.3) is 0 Å². The molecule has 0 amide bonds. The molecule has 4 aliphatic rings. The molecule has 0 aromatic heterocycles. The van der Waals surface area contributed by atoms with Crippen molar-refractivity contribution in [3.63, 3.8) is 0 Å². The molecule has 4 fully saturated rings. The van der Waals surface area contributed by atoms with E-state index in [4.69, 9.17) is 4.74 Å². The van der Waals surface area contributed by atoms with Crippen molar-refractivity contribution < 1.29 is 4.74 Å². The highest BCUT2D eigenvalue weighted by molar-refractivity contribution is 8.22. The average Bonchev–Trinajstić information content (AvgIpc) is 2.70. The van der Waals surface area contributed by atoms with Gasteiger partial charge in [-0.1, -0.05) is 19.8 Å². The number of allylic oxidation sites excluding steroid dienone is 1. The van der Waals surface area contributed by atoms with E-state index in [2.05, 4.69) is 6.92 Å². The quantitative estimate of drug-likeness (QED) is 0.506. The number of hydrogen-bond acceptors (Lipinski definition) is 3. The topological polar surface area (TPSA) is 9.23 Å². The fourth-order valence-electron chi connectivity index (χ4n) is 5.65.